The van der Waals surface area contributed by atoms with Crippen LogP contribution in [0.25, 0.3) is 0 Å². The third kappa shape index (κ3) is 6.25. The predicted molar refractivity (Wildman–Crippen MR) is 105 cm³/mol. The minimum Gasteiger partial charge on any atom is -0.452 e. The van der Waals surface area contributed by atoms with Crippen LogP contribution in [0, 0.1) is 0 Å². The number of carbonyl (C=O) groups excluding carboxylic acids is 3. The Hall–Kier alpha value is -1.67. The molecule has 142 valence electrons. The second-order valence-corrected chi connectivity index (χ2v) is 8.58. The fourth-order valence-corrected chi connectivity index (χ4v) is 5.15. The van der Waals surface area contributed by atoms with Gasteiger partial charge in [0.2, 0.25) is 5.91 Å². The molecule has 1 atom stereocenters. The van der Waals surface area contributed by atoms with E-state index < -0.39 is 24.5 Å². The summed E-state index contributed by atoms with van der Waals surface area (Å²) in [6.07, 6.45) is 0.820. The zero-order chi connectivity index (χ0) is 18.9. The van der Waals surface area contributed by atoms with Crippen LogP contribution in [0.15, 0.2) is 24.3 Å². The van der Waals surface area contributed by atoms with Crippen LogP contribution in [0.3, 0.4) is 0 Å². The molecular weight excluding hydrogens is 372 g/mol. The zero-order valence-electron chi connectivity index (χ0n) is 14.9. The van der Waals surface area contributed by atoms with E-state index in [1.54, 1.807) is 19.1 Å². The Labute approximate surface area is 162 Å². The lowest BCUT2D eigenvalue weighted by Crippen LogP contribution is -2.46. The number of carbonyl (C=O) groups is 3. The Morgan fingerprint density at radius 2 is 1.85 bits per heavy atom. The summed E-state index contributed by atoms with van der Waals surface area (Å²) in [7, 11) is 0. The van der Waals surface area contributed by atoms with Crippen molar-refractivity contribution in [2.24, 2.45) is 0 Å². The molecule has 0 saturated carbocycles. The average Bonchev–Trinajstić information content (AvgIpc) is 3.19. The molecule has 6 nitrogen and oxygen atoms in total. The highest BCUT2D eigenvalue weighted by Crippen LogP contribution is 2.45. The summed E-state index contributed by atoms with van der Waals surface area (Å²) >= 11 is 3.80. The highest BCUT2D eigenvalue weighted by atomic mass is 32.2. The SMILES string of the molecule is CCCNC(=O)[C@H](C)NC(=O)COC(=O)c1ccc(C2SCCS2)cc1. The number of amides is 2. The van der Waals surface area contributed by atoms with E-state index in [0.717, 1.165) is 17.9 Å². The molecule has 1 aliphatic heterocycles. The van der Waals surface area contributed by atoms with Crippen molar-refractivity contribution in [3.05, 3.63) is 35.4 Å². The van der Waals surface area contributed by atoms with Gasteiger partial charge in [0.15, 0.2) is 6.61 Å². The summed E-state index contributed by atoms with van der Waals surface area (Å²) in [6.45, 7) is 3.67. The van der Waals surface area contributed by atoms with Crippen molar-refractivity contribution in [1.82, 2.24) is 10.6 Å². The summed E-state index contributed by atoms with van der Waals surface area (Å²) in [5.74, 6) is 0.964. The number of rotatable bonds is 8. The molecule has 0 aliphatic carbocycles. The maximum atomic E-state index is 12.1. The van der Waals surface area contributed by atoms with Gasteiger partial charge in [0.05, 0.1) is 10.1 Å². The van der Waals surface area contributed by atoms with Crippen LogP contribution in [-0.2, 0) is 14.3 Å². The predicted octanol–water partition coefficient (Wildman–Crippen LogP) is 2.35. The van der Waals surface area contributed by atoms with Crippen molar-refractivity contribution in [2.75, 3.05) is 24.7 Å². The molecule has 1 aromatic rings. The molecule has 2 amide bonds. The molecule has 0 aromatic heterocycles. The summed E-state index contributed by atoms with van der Waals surface area (Å²) in [6, 6.07) is 6.61. The van der Waals surface area contributed by atoms with Crippen molar-refractivity contribution in [3.8, 4) is 0 Å². The van der Waals surface area contributed by atoms with Crippen molar-refractivity contribution < 1.29 is 19.1 Å². The normalized spacial score (nSPS) is 15.3. The van der Waals surface area contributed by atoms with E-state index in [4.69, 9.17) is 4.74 Å². The van der Waals surface area contributed by atoms with Gasteiger partial charge in [-0.1, -0.05) is 19.1 Å². The third-order valence-corrected chi connectivity index (χ3v) is 6.80. The van der Waals surface area contributed by atoms with E-state index in [2.05, 4.69) is 10.6 Å². The van der Waals surface area contributed by atoms with Crippen LogP contribution in [0.1, 0.15) is 40.8 Å². The van der Waals surface area contributed by atoms with Crippen LogP contribution in [-0.4, -0.2) is 48.5 Å². The number of thioether (sulfide) groups is 2. The first-order valence-corrected chi connectivity index (χ1v) is 10.7. The second-order valence-electron chi connectivity index (χ2n) is 5.85. The van der Waals surface area contributed by atoms with Gasteiger partial charge in [-0.25, -0.2) is 4.79 Å². The van der Waals surface area contributed by atoms with E-state index >= 15 is 0 Å². The minimum atomic E-state index is -0.673. The largest absolute Gasteiger partial charge is 0.452 e. The average molecular weight is 397 g/mol. The lowest BCUT2D eigenvalue weighted by molar-refractivity contribution is -0.130. The summed E-state index contributed by atoms with van der Waals surface area (Å²) < 4.78 is 5.45. The number of hydrogen-bond acceptors (Lipinski definition) is 6. The molecule has 1 saturated heterocycles. The van der Waals surface area contributed by atoms with Gasteiger partial charge in [0.1, 0.15) is 6.04 Å². The van der Waals surface area contributed by atoms with Gasteiger partial charge in [-0.05, 0) is 31.0 Å². The molecule has 0 bridgehead atoms. The first-order valence-electron chi connectivity index (χ1n) is 8.58. The van der Waals surface area contributed by atoms with Gasteiger partial charge < -0.3 is 15.4 Å². The Morgan fingerprint density at radius 3 is 2.46 bits per heavy atom. The first-order chi connectivity index (χ1) is 12.5. The third-order valence-electron chi connectivity index (χ3n) is 3.69. The quantitative estimate of drug-likeness (QED) is 0.656. The molecule has 1 heterocycles. The number of hydrogen-bond donors (Lipinski definition) is 2. The lowest BCUT2D eigenvalue weighted by Gasteiger charge is -2.14. The number of ether oxygens (including phenoxy) is 1. The van der Waals surface area contributed by atoms with Crippen molar-refractivity contribution in [1.29, 1.82) is 0 Å². The topological polar surface area (TPSA) is 84.5 Å². The molecule has 0 spiro atoms. The molecule has 26 heavy (non-hydrogen) atoms. The van der Waals surface area contributed by atoms with Gasteiger partial charge in [-0.15, -0.1) is 23.5 Å². The molecule has 8 heteroatoms. The zero-order valence-corrected chi connectivity index (χ0v) is 16.6. The van der Waals surface area contributed by atoms with Crippen molar-refractivity contribution in [2.45, 2.75) is 30.9 Å². The molecule has 1 aliphatic rings. The maximum Gasteiger partial charge on any atom is 0.338 e. The number of nitrogens with one attached hydrogen (secondary N) is 2. The molecule has 2 rings (SSSR count). The summed E-state index contributed by atoms with van der Waals surface area (Å²) in [5.41, 5.74) is 1.59. The van der Waals surface area contributed by atoms with Crippen molar-refractivity contribution >= 4 is 41.3 Å². The fourth-order valence-electron chi connectivity index (χ4n) is 2.29. The van der Waals surface area contributed by atoms with E-state index in [0.29, 0.717) is 16.7 Å². The molecule has 1 aromatic carbocycles. The smallest absolute Gasteiger partial charge is 0.338 e. The van der Waals surface area contributed by atoms with E-state index in [-0.39, 0.29) is 5.91 Å². The van der Waals surface area contributed by atoms with E-state index in [1.807, 2.05) is 42.6 Å². The fraction of sp³-hybridized carbons (Fsp3) is 0.500. The van der Waals surface area contributed by atoms with Crippen LogP contribution in [0.2, 0.25) is 0 Å². The Kier molecular flexibility index (Phi) is 8.31. The van der Waals surface area contributed by atoms with Gasteiger partial charge in [0, 0.05) is 18.1 Å². The first kappa shape index (κ1) is 20.6. The van der Waals surface area contributed by atoms with Crippen molar-refractivity contribution in [3.63, 3.8) is 0 Å². The Balaban J connectivity index is 1.76. The minimum absolute atomic E-state index is 0.259. The van der Waals surface area contributed by atoms with Crippen LogP contribution < -0.4 is 10.6 Å². The monoisotopic (exact) mass is 396 g/mol. The van der Waals surface area contributed by atoms with Crippen LogP contribution in [0.4, 0.5) is 0 Å². The lowest BCUT2D eigenvalue weighted by atomic mass is 10.1. The Morgan fingerprint density at radius 1 is 1.19 bits per heavy atom. The molecule has 1 fully saturated rings. The van der Waals surface area contributed by atoms with E-state index in [1.165, 1.54) is 5.56 Å². The highest BCUT2D eigenvalue weighted by molar-refractivity contribution is 8.19. The second kappa shape index (κ2) is 10.5. The maximum absolute atomic E-state index is 12.1. The van der Waals surface area contributed by atoms with Gasteiger partial charge >= 0.3 is 5.97 Å². The van der Waals surface area contributed by atoms with Gasteiger partial charge in [-0.2, -0.15) is 0 Å². The van der Waals surface area contributed by atoms with E-state index in [9.17, 15) is 14.4 Å². The molecule has 2 N–H and O–H groups in total. The molecular formula is C18H24N2O4S2. The number of esters is 1. The Bertz CT molecular complexity index is 631. The van der Waals surface area contributed by atoms with Crippen LogP contribution >= 0.6 is 23.5 Å². The highest BCUT2D eigenvalue weighted by Gasteiger charge is 2.19. The standard InChI is InChI=1S/C18H24N2O4S2/c1-3-8-19-16(22)12(2)20-15(21)11-24-17(23)13-4-6-14(7-5-13)18-25-9-10-26-18/h4-7,12,18H,3,8-11H2,1-2H3,(H,19,22)(H,20,21)/t12-/m0/s1. The summed E-state index contributed by atoms with van der Waals surface area (Å²) in [4.78, 5) is 35.6. The number of benzene rings is 1. The molecule has 0 unspecified atom stereocenters. The van der Waals surface area contributed by atoms with Crippen LogP contribution in [0.5, 0.6) is 0 Å². The molecule has 0 radical (unpaired) electrons. The van der Waals surface area contributed by atoms with Gasteiger partial charge in [-0.3, -0.25) is 9.59 Å². The van der Waals surface area contributed by atoms with Gasteiger partial charge in [0.25, 0.3) is 5.91 Å². The summed E-state index contributed by atoms with van der Waals surface area (Å²) in [5, 5.41) is 5.20.